The third-order valence-corrected chi connectivity index (χ3v) is 5.45. The average molecular weight is 456 g/mol. The van der Waals surface area contributed by atoms with Gasteiger partial charge in [-0.3, -0.25) is 20.4 Å². The lowest BCUT2D eigenvalue weighted by atomic mass is 10.0. The first-order valence-electron chi connectivity index (χ1n) is 10.0. The number of alkyl halides is 2. The fourth-order valence-corrected chi connectivity index (χ4v) is 3.77. The van der Waals surface area contributed by atoms with Crippen LogP contribution in [0.25, 0.3) is 10.8 Å². The van der Waals surface area contributed by atoms with Gasteiger partial charge in [-0.1, -0.05) is 24.3 Å². The Balaban J connectivity index is 1.57. The highest BCUT2D eigenvalue weighted by molar-refractivity contribution is 6.04. The number of aromatic nitrogens is 2. The first kappa shape index (κ1) is 22.2. The number of carbonyl (C=O) groups is 1. The van der Waals surface area contributed by atoms with Gasteiger partial charge in [0.1, 0.15) is 11.7 Å². The van der Waals surface area contributed by atoms with Gasteiger partial charge in [0.25, 0.3) is 17.9 Å². The molecule has 0 saturated carbocycles. The number of hydrogen-bond acceptors (Lipinski definition) is 5. The molecule has 2 aromatic carbocycles. The molecule has 1 fully saturated rings. The lowest BCUT2D eigenvalue weighted by molar-refractivity contribution is 0.0749. The van der Waals surface area contributed by atoms with Crippen LogP contribution >= 0.6 is 0 Å². The van der Waals surface area contributed by atoms with Crippen LogP contribution in [0.3, 0.4) is 0 Å². The molecule has 2 heterocycles. The molecule has 0 atom stereocenters. The van der Waals surface area contributed by atoms with Crippen molar-refractivity contribution in [2.45, 2.75) is 12.8 Å². The molecule has 0 radical (unpaired) electrons. The summed E-state index contributed by atoms with van der Waals surface area (Å²) in [6.07, 6.45) is -2.80. The van der Waals surface area contributed by atoms with Crippen LogP contribution in [-0.2, 0) is 6.42 Å². The van der Waals surface area contributed by atoms with Crippen LogP contribution in [0.2, 0.25) is 0 Å². The van der Waals surface area contributed by atoms with Crippen molar-refractivity contribution in [2.24, 2.45) is 0 Å². The van der Waals surface area contributed by atoms with Gasteiger partial charge in [-0.05, 0) is 23.8 Å². The minimum atomic E-state index is -3.03. The maximum atomic E-state index is 14.5. The van der Waals surface area contributed by atoms with Gasteiger partial charge in [0.05, 0.1) is 23.2 Å². The number of nitrogens with one attached hydrogen (secondary N) is 3. The van der Waals surface area contributed by atoms with Crippen molar-refractivity contribution < 1.29 is 18.0 Å². The van der Waals surface area contributed by atoms with E-state index in [0.717, 1.165) is 11.0 Å². The molecule has 0 unspecified atom stereocenters. The van der Waals surface area contributed by atoms with Crippen LogP contribution < -0.4 is 5.56 Å². The normalized spacial score (nSPS) is 14.2. The first-order valence-corrected chi connectivity index (χ1v) is 10.0. The Kier molecular flexibility index (Phi) is 5.95. The molecule has 33 heavy (non-hydrogen) atoms. The Hall–Kier alpha value is -4.02. The van der Waals surface area contributed by atoms with Gasteiger partial charge in [0, 0.05) is 24.9 Å². The van der Waals surface area contributed by atoms with E-state index in [1.54, 1.807) is 24.3 Å². The number of nitrogens with zero attached hydrogens (tertiary/aromatic N) is 3. The van der Waals surface area contributed by atoms with Crippen LogP contribution in [0.1, 0.15) is 21.6 Å². The Labute approximate surface area is 185 Å². The summed E-state index contributed by atoms with van der Waals surface area (Å²) in [4.78, 5) is 27.0. The quantitative estimate of drug-likeness (QED) is 0.413. The van der Waals surface area contributed by atoms with Crippen LogP contribution in [0, 0.1) is 16.6 Å². The Bertz CT molecular complexity index is 1320. The second-order valence-electron chi connectivity index (χ2n) is 7.55. The highest BCUT2D eigenvalue weighted by atomic mass is 19.3. The summed E-state index contributed by atoms with van der Waals surface area (Å²) in [7, 11) is 0. The van der Waals surface area contributed by atoms with Gasteiger partial charge >= 0.3 is 0 Å². The highest BCUT2D eigenvalue weighted by Gasteiger charge is 2.31. The number of hydrogen-bond donors (Lipinski definition) is 3. The van der Waals surface area contributed by atoms with Crippen molar-refractivity contribution in [2.75, 3.05) is 19.6 Å². The number of amides is 1. The molecule has 3 N–H and O–H groups in total. The SMILES string of the molecule is N=C1CN(C(=O)c2cc(Cc3n[nH]c(=O)c4ccccc34)ccc2F)CCN1C(=N)C(F)F. The molecular formula is C22H19F3N6O2. The minimum Gasteiger partial charge on any atom is -0.329 e. The van der Waals surface area contributed by atoms with E-state index >= 15 is 0 Å². The lowest BCUT2D eigenvalue weighted by Crippen LogP contribution is -2.55. The third-order valence-electron chi connectivity index (χ3n) is 5.45. The van der Waals surface area contributed by atoms with Gasteiger partial charge in [-0.25, -0.2) is 18.3 Å². The van der Waals surface area contributed by atoms with Crippen molar-refractivity contribution in [3.05, 3.63) is 75.5 Å². The number of rotatable bonds is 4. The molecule has 0 aliphatic carbocycles. The Morgan fingerprint density at radius 2 is 1.88 bits per heavy atom. The van der Waals surface area contributed by atoms with Gasteiger partial charge in [-0.2, -0.15) is 5.10 Å². The van der Waals surface area contributed by atoms with E-state index in [1.807, 2.05) is 0 Å². The van der Waals surface area contributed by atoms with Crippen LogP contribution in [0.4, 0.5) is 13.2 Å². The molecule has 1 aliphatic heterocycles. The van der Waals surface area contributed by atoms with E-state index in [4.69, 9.17) is 10.8 Å². The number of H-pyrrole nitrogens is 1. The summed E-state index contributed by atoms with van der Waals surface area (Å²) in [6.45, 7) is -0.502. The molecule has 0 bridgehead atoms. The zero-order chi connectivity index (χ0) is 23.7. The van der Waals surface area contributed by atoms with Crippen molar-refractivity contribution in [1.29, 1.82) is 10.8 Å². The van der Waals surface area contributed by atoms with E-state index in [0.29, 0.717) is 22.0 Å². The number of amidine groups is 2. The fraction of sp³-hybridized carbons (Fsp3) is 0.227. The van der Waals surface area contributed by atoms with Gasteiger partial charge in [0.15, 0.2) is 5.84 Å². The molecule has 0 spiro atoms. The fourth-order valence-electron chi connectivity index (χ4n) is 3.77. The Morgan fingerprint density at radius 3 is 2.58 bits per heavy atom. The van der Waals surface area contributed by atoms with Gasteiger partial charge < -0.3 is 9.80 Å². The second kappa shape index (κ2) is 8.85. The molecule has 4 rings (SSSR count). The Morgan fingerprint density at radius 1 is 1.15 bits per heavy atom. The average Bonchev–Trinajstić information content (AvgIpc) is 2.81. The molecule has 1 aromatic heterocycles. The summed E-state index contributed by atoms with van der Waals surface area (Å²) in [5.41, 5.74) is 0.589. The summed E-state index contributed by atoms with van der Waals surface area (Å²) in [5.74, 6) is -2.76. The van der Waals surface area contributed by atoms with Crippen LogP contribution in [0.5, 0.6) is 0 Å². The van der Waals surface area contributed by atoms with Crippen molar-refractivity contribution in [1.82, 2.24) is 20.0 Å². The maximum Gasteiger partial charge on any atom is 0.295 e. The molecule has 1 aliphatic rings. The first-order chi connectivity index (χ1) is 15.8. The molecule has 170 valence electrons. The molecule has 8 nitrogen and oxygen atoms in total. The highest BCUT2D eigenvalue weighted by Crippen LogP contribution is 2.20. The summed E-state index contributed by atoms with van der Waals surface area (Å²) in [5, 5.41) is 22.9. The summed E-state index contributed by atoms with van der Waals surface area (Å²) < 4.78 is 40.1. The standard InChI is InChI=1S/C22H19F3N6O2/c23-16-6-5-12(10-17-13-3-1-2-4-14(13)21(32)29-28-17)9-15(16)22(33)30-7-8-31(18(26)11-30)20(27)19(24)25/h1-6,9,19,26-27H,7-8,10-11H2,(H,29,32). The molecular weight excluding hydrogens is 437 g/mol. The zero-order valence-corrected chi connectivity index (χ0v) is 17.2. The lowest BCUT2D eigenvalue weighted by Gasteiger charge is -2.36. The van der Waals surface area contributed by atoms with E-state index in [-0.39, 0.29) is 43.0 Å². The minimum absolute atomic E-state index is 0.0356. The van der Waals surface area contributed by atoms with Gasteiger partial charge in [0.2, 0.25) is 0 Å². The molecule has 3 aromatic rings. The molecule has 1 amide bonds. The van der Waals surface area contributed by atoms with E-state index in [9.17, 15) is 22.8 Å². The smallest absolute Gasteiger partial charge is 0.295 e. The van der Waals surface area contributed by atoms with Gasteiger partial charge in [-0.15, -0.1) is 0 Å². The van der Waals surface area contributed by atoms with E-state index < -0.39 is 24.0 Å². The maximum absolute atomic E-state index is 14.5. The molecule has 1 saturated heterocycles. The second-order valence-corrected chi connectivity index (χ2v) is 7.55. The zero-order valence-electron chi connectivity index (χ0n) is 17.2. The number of fused-ring (bicyclic) bond motifs is 1. The number of carbonyl (C=O) groups excluding carboxylic acids is 1. The number of benzene rings is 2. The number of piperazine rings is 1. The third kappa shape index (κ3) is 4.34. The van der Waals surface area contributed by atoms with Crippen molar-refractivity contribution in [3.63, 3.8) is 0 Å². The molecule has 11 heteroatoms. The van der Waals surface area contributed by atoms with Crippen LogP contribution in [0.15, 0.2) is 47.3 Å². The predicted molar refractivity (Wildman–Crippen MR) is 116 cm³/mol. The predicted octanol–water partition coefficient (Wildman–Crippen LogP) is 2.63. The van der Waals surface area contributed by atoms with E-state index in [1.165, 1.54) is 17.0 Å². The summed E-state index contributed by atoms with van der Waals surface area (Å²) >= 11 is 0. The largest absolute Gasteiger partial charge is 0.329 e. The summed E-state index contributed by atoms with van der Waals surface area (Å²) in [6, 6.07) is 11.0. The van der Waals surface area contributed by atoms with Crippen LogP contribution in [-0.4, -0.2) is 63.6 Å². The number of aromatic amines is 1. The topological polar surface area (TPSA) is 117 Å². The number of halogens is 3. The monoisotopic (exact) mass is 456 g/mol. The van der Waals surface area contributed by atoms with Crippen molar-refractivity contribution >= 4 is 28.4 Å². The van der Waals surface area contributed by atoms with Crippen molar-refractivity contribution in [3.8, 4) is 0 Å². The van der Waals surface area contributed by atoms with E-state index in [2.05, 4.69) is 10.2 Å².